The van der Waals surface area contributed by atoms with Crippen LogP contribution >= 0.6 is 0 Å². The smallest absolute Gasteiger partial charge is 0.136 e. The summed E-state index contributed by atoms with van der Waals surface area (Å²) in [6.45, 7) is 5.48. The van der Waals surface area contributed by atoms with Crippen LogP contribution in [0, 0.1) is 0 Å². The third-order valence-electron chi connectivity index (χ3n) is 5.48. The van der Waals surface area contributed by atoms with E-state index in [0.717, 1.165) is 42.3 Å². The Balaban J connectivity index is 1.56. The molecule has 0 amide bonds. The van der Waals surface area contributed by atoms with E-state index >= 15 is 0 Å². The topological polar surface area (TPSA) is 53.8 Å². The monoisotopic (exact) mass is 406 g/mol. The summed E-state index contributed by atoms with van der Waals surface area (Å²) in [6, 6.07) is 16.2. The van der Waals surface area contributed by atoms with Crippen molar-refractivity contribution in [3.05, 3.63) is 77.7 Å². The van der Waals surface area contributed by atoms with Crippen LogP contribution in [0.2, 0.25) is 0 Å². The Hall–Kier alpha value is -2.67. The Bertz CT molecular complexity index is 982. The molecule has 6 heteroatoms. The normalized spacial score (nSPS) is 16.6. The van der Waals surface area contributed by atoms with Gasteiger partial charge in [-0.3, -0.25) is 4.90 Å². The number of benzene rings is 1. The Morgan fingerprint density at radius 2 is 2.03 bits per heavy atom. The van der Waals surface area contributed by atoms with E-state index in [-0.39, 0.29) is 0 Å². The molecule has 6 nitrogen and oxygen atoms in total. The van der Waals surface area contributed by atoms with Gasteiger partial charge < -0.3 is 19.3 Å². The zero-order valence-corrected chi connectivity index (χ0v) is 18.0. The maximum Gasteiger partial charge on any atom is 0.136 e. The molecule has 1 aliphatic rings. The summed E-state index contributed by atoms with van der Waals surface area (Å²) in [5.41, 5.74) is 2.30. The zero-order chi connectivity index (χ0) is 21.1. The molecule has 0 saturated heterocycles. The fraction of sp³-hybridized carbons (Fsp3) is 0.375. The molecule has 1 aliphatic heterocycles. The lowest BCUT2D eigenvalue weighted by Gasteiger charge is -2.28. The highest BCUT2D eigenvalue weighted by Crippen LogP contribution is 2.30. The first kappa shape index (κ1) is 20.6. The molecule has 30 heavy (non-hydrogen) atoms. The van der Waals surface area contributed by atoms with Crippen LogP contribution < -0.4 is 4.74 Å². The lowest BCUT2D eigenvalue weighted by atomic mass is 9.93. The van der Waals surface area contributed by atoms with Gasteiger partial charge in [0.25, 0.3) is 0 Å². The number of pyridine rings is 1. The van der Waals surface area contributed by atoms with Crippen molar-refractivity contribution in [3.8, 4) is 11.6 Å². The summed E-state index contributed by atoms with van der Waals surface area (Å²) < 4.78 is 8.14. The van der Waals surface area contributed by atoms with Gasteiger partial charge in [0.15, 0.2) is 0 Å². The number of nitrogens with zero attached hydrogens (tertiary/aromatic N) is 4. The molecular formula is C24H30N4O2. The Morgan fingerprint density at radius 3 is 2.80 bits per heavy atom. The molecule has 1 atom stereocenters. The zero-order valence-electron chi connectivity index (χ0n) is 18.0. The average molecular weight is 407 g/mol. The minimum Gasteiger partial charge on any atom is -0.492 e. The Morgan fingerprint density at radius 1 is 1.17 bits per heavy atom. The molecule has 3 aromatic rings. The van der Waals surface area contributed by atoms with E-state index in [4.69, 9.17) is 4.74 Å². The lowest BCUT2D eigenvalue weighted by Crippen LogP contribution is -2.34. The lowest BCUT2D eigenvalue weighted by molar-refractivity contribution is 0.0299. The number of ether oxygens (including phenoxy) is 1. The molecule has 1 N–H and O–H groups in total. The SMILES string of the molecule is CN(C)CC(C)(O)c1ccc2c(c1)CN(Cc1cccn1-c1ccccn1)CCO2. The third-order valence-corrected chi connectivity index (χ3v) is 5.48. The van der Waals surface area contributed by atoms with Crippen molar-refractivity contribution < 1.29 is 9.84 Å². The van der Waals surface area contributed by atoms with Crippen LogP contribution in [0.5, 0.6) is 5.75 Å². The second-order valence-corrected chi connectivity index (χ2v) is 8.45. The number of likely N-dealkylation sites (N-methyl/N-ethyl adjacent to an activating group) is 1. The summed E-state index contributed by atoms with van der Waals surface area (Å²) >= 11 is 0. The molecule has 0 bridgehead atoms. The van der Waals surface area contributed by atoms with Gasteiger partial charge in [0.05, 0.1) is 5.60 Å². The van der Waals surface area contributed by atoms with Crippen LogP contribution in [-0.2, 0) is 18.7 Å². The van der Waals surface area contributed by atoms with Gasteiger partial charge in [0.2, 0.25) is 0 Å². The van der Waals surface area contributed by atoms with Crippen LogP contribution in [0.3, 0.4) is 0 Å². The largest absolute Gasteiger partial charge is 0.492 e. The number of hydrogen-bond donors (Lipinski definition) is 1. The predicted molar refractivity (Wildman–Crippen MR) is 118 cm³/mol. The Labute approximate surface area is 178 Å². The van der Waals surface area contributed by atoms with Gasteiger partial charge >= 0.3 is 0 Å². The fourth-order valence-corrected chi connectivity index (χ4v) is 4.12. The first-order valence-corrected chi connectivity index (χ1v) is 10.4. The van der Waals surface area contributed by atoms with Crippen LogP contribution in [0.15, 0.2) is 60.9 Å². The summed E-state index contributed by atoms with van der Waals surface area (Å²) in [7, 11) is 3.94. The minimum absolute atomic E-state index is 0.563. The summed E-state index contributed by atoms with van der Waals surface area (Å²) in [4.78, 5) is 8.86. The van der Waals surface area contributed by atoms with Gasteiger partial charge in [-0.15, -0.1) is 0 Å². The highest BCUT2D eigenvalue weighted by molar-refractivity contribution is 5.40. The van der Waals surface area contributed by atoms with Gasteiger partial charge in [0.1, 0.15) is 18.2 Å². The molecule has 0 radical (unpaired) electrons. The molecular weight excluding hydrogens is 376 g/mol. The second-order valence-electron chi connectivity index (χ2n) is 8.45. The first-order valence-electron chi connectivity index (χ1n) is 10.4. The van der Waals surface area contributed by atoms with Crippen molar-refractivity contribution in [2.24, 2.45) is 0 Å². The van der Waals surface area contributed by atoms with E-state index in [0.29, 0.717) is 13.2 Å². The average Bonchev–Trinajstić information content (AvgIpc) is 3.06. The third kappa shape index (κ3) is 4.56. The van der Waals surface area contributed by atoms with Gasteiger partial charge in [-0.1, -0.05) is 12.1 Å². The standard InChI is InChI=1S/C24H30N4O2/c1-24(29,18-26(2)3)20-9-10-22-19(15-20)16-27(13-14-30-22)17-21-7-6-12-28(21)23-8-4-5-11-25-23/h4-12,15,29H,13-14,16-18H2,1-3H3. The predicted octanol–water partition coefficient (Wildman–Crippen LogP) is 3.04. The number of hydrogen-bond acceptors (Lipinski definition) is 5. The quantitative estimate of drug-likeness (QED) is 0.682. The van der Waals surface area contributed by atoms with Crippen molar-refractivity contribution in [1.82, 2.24) is 19.4 Å². The van der Waals surface area contributed by atoms with E-state index in [1.807, 2.05) is 62.4 Å². The number of aliphatic hydroxyl groups is 1. The van der Waals surface area contributed by atoms with Gasteiger partial charge in [-0.2, -0.15) is 0 Å². The minimum atomic E-state index is -0.913. The number of rotatable bonds is 6. The van der Waals surface area contributed by atoms with E-state index in [9.17, 15) is 5.11 Å². The summed E-state index contributed by atoms with van der Waals surface area (Å²) in [6.07, 6.45) is 3.87. The van der Waals surface area contributed by atoms with Crippen LogP contribution in [-0.4, -0.2) is 58.2 Å². The van der Waals surface area contributed by atoms with Gasteiger partial charge in [-0.25, -0.2) is 4.98 Å². The fourth-order valence-electron chi connectivity index (χ4n) is 4.12. The Kier molecular flexibility index (Phi) is 5.90. The summed E-state index contributed by atoms with van der Waals surface area (Å²) in [5, 5.41) is 11.0. The maximum absolute atomic E-state index is 11.0. The second kappa shape index (κ2) is 8.60. The van der Waals surface area contributed by atoms with E-state index in [1.54, 1.807) is 0 Å². The van der Waals surface area contributed by atoms with Crippen LogP contribution in [0.4, 0.5) is 0 Å². The van der Waals surface area contributed by atoms with Crippen molar-refractivity contribution in [3.63, 3.8) is 0 Å². The summed E-state index contributed by atoms with van der Waals surface area (Å²) in [5.74, 6) is 1.83. The van der Waals surface area contributed by atoms with Crippen molar-refractivity contribution in [2.75, 3.05) is 33.8 Å². The van der Waals surface area contributed by atoms with Crippen molar-refractivity contribution in [1.29, 1.82) is 0 Å². The molecule has 1 aromatic carbocycles. The molecule has 4 rings (SSSR count). The number of fused-ring (bicyclic) bond motifs is 1. The van der Waals surface area contributed by atoms with E-state index in [1.165, 1.54) is 5.69 Å². The number of aromatic nitrogens is 2. The van der Waals surface area contributed by atoms with Gasteiger partial charge in [-0.05, 0) is 63.0 Å². The molecule has 0 saturated carbocycles. The van der Waals surface area contributed by atoms with E-state index in [2.05, 4.69) is 38.8 Å². The molecule has 2 aromatic heterocycles. The molecule has 1 unspecified atom stereocenters. The van der Waals surface area contributed by atoms with Crippen LogP contribution in [0.1, 0.15) is 23.7 Å². The van der Waals surface area contributed by atoms with Gasteiger partial charge in [0, 0.05) is 49.8 Å². The molecule has 158 valence electrons. The van der Waals surface area contributed by atoms with Crippen LogP contribution in [0.25, 0.3) is 5.82 Å². The van der Waals surface area contributed by atoms with Crippen molar-refractivity contribution in [2.45, 2.75) is 25.6 Å². The van der Waals surface area contributed by atoms with Crippen molar-refractivity contribution >= 4 is 0 Å². The van der Waals surface area contributed by atoms with E-state index < -0.39 is 5.60 Å². The highest BCUT2D eigenvalue weighted by atomic mass is 16.5. The maximum atomic E-state index is 11.0. The first-order chi connectivity index (χ1) is 14.4. The molecule has 0 spiro atoms. The molecule has 0 aliphatic carbocycles. The molecule has 3 heterocycles. The highest BCUT2D eigenvalue weighted by Gasteiger charge is 2.26. The molecule has 0 fully saturated rings.